The molecule has 130 valence electrons. The third-order valence-electron chi connectivity index (χ3n) is 4.23. The van der Waals surface area contributed by atoms with Crippen LogP contribution >= 0.6 is 11.6 Å². The molecule has 2 aromatic carbocycles. The van der Waals surface area contributed by atoms with Crippen LogP contribution < -0.4 is 10.2 Å². The fourth-order valence-electron chi connectivity index (χ4n) is 2.90. The Hall–Kier alpha value is -2.53. The summed E-state index contributed by atoms with van der Waals surface area (Å²) >= 11 is 6.14. The number of hydrogen-bond acceptors (Lipinski definition) is 2. The van der Waals surface area contributed by atoms with E-state index in [1.807, 2.05) is 48.5 Å². The Kier molecular flexibility index (Phi) is 5.24. The standard InChI is InChI=1S/C19H20ClN3O2/c1-22(12-14-7-5-6-10-17(14)20)19(25)21-15-11-18(24)23(13-15)16-8-3-2-4-9-16/h2-10,15H,11-13H2,1H3,(H,21,25). The second-order valence-corrected chi connectivity index (χ2v) is 6.55. The van der Waals surface area contributed by atoms with Crippen molar-refractivity contribution in [2.75, 3.05) is 18.5 Å². The van der Waals surface area contributed by atoms with E-state index in [0.29, 0.717) is 24.5 Å². The van der Waals surface area contributed by atoms with Gasteiger partial charge >= 0.3 is 6.03 Å². The molecule has 0 aromatic heterocycles. The number of urea groups is 1. The molecule has 1 N–H and O–H groups in total. The lowest BCUT2D eigenvalue weighted by Crippen LogP contribution is -2.44. The van der Waals surface area contributed by atoms with Gasteiger partial charge in [-0.3, -0.25) is 4.79 Å². The lowest BCUT2D eigenvalue weighted by atomic mass is 10.2. The number of hydrogen-bond donors (Lipinski definition) is 1. The number of nitrogens with one attached hydrogen (secondary N) is 1. The van der Waals surface area contributed by atoms with Gasteiger partial charge in [0.25, 0.3) is 0 Å². The molecule has 1 saturated heterocycles. The zero-order chi connectivity index (χ0) is 17.8. The first-order chi connectivity index (χ1) is 12.0. The van der Waals surface area contributed by atoms with E-state index in [1.165, 1.54) is 0 Å². The molecule has 2 aromatic rings. The van der Waals surface area contributed by atoms with Crippen LogP contribution in [0.4, 0.5) is 10.5 Å². The molecule has 3 amide bonds. The molecule has 0 radical (unpaired) electrons. The highest BCUT2D eigenvalue weighted by Gasteiger charge is 2.32. The fraction of sp³-hybridized carbons (Fsp3) is 0.263. The van der Waals surface area contributed by atoms with Crippen LogP contribution in [0.25, 0.3) is 0 Å². The molecule has 1 heterocycles. The van der Waals surface area contributed by atoms with Crippen LogP contribution in [-0.4, -0.2) is 36.5 Å². The number of anilines is 1. The molecule has 25 heavy (non-hydrogen) atoms. The molecule has 3 rings (SSSR count). The maximum atomic E-state index is 12.4. The molecule has 0 spiro atoms. The first kappa shape index (κ1) is 17.3. The summed E-state index contributed by atoms with van der Waals surface area (Å²) in [5.74, 6) is 0.0188. The Bertz CT molecular complexity index is 766. The zero-order valence-electron chi connectivity index (χ0n) is 14.0. The summed E-state index contributed by atoms with van der Waals surface area (Å²) in [4.78, 5) is 27.9. The van der Waals surface area contributed by atoms with Gasteiger partial charge < -0.3 is 15.1 Å². The van der Waals surface area contributed by atoms with Gasteiger partial charge in [-0.05, 0) is 23.8 Å². The monoisotopic (exact) mass is 357 g/mol. The average Bonchev–Trinajstić information content (AvgIpc) is 2.98. The Labute approximate surface area is 152 Å². The predicted molar refractivity (Wildman–Crippen MR) is 98.7 cm³/mol. The van der Waals surface area contributed by atoms with E-state index in [2.05, 4.69) is 5.32 Å². The molecule has 1 unspecified atom stereocenters. The van der Waals surface area contributed by atoms with Gasteiger partial charge in [-0.15, -0.1) is 0 Å². The van der Waals surface area contributed by atoms with Gasteiger partial charge in [-0.25, -0.2) is 4.79 Å². The maximum absolute atomic E-state index is 12.4. The molecule has 5 nitrogen and oxygen atoms in total. The van der Waals surface area contributed by atoms with Crippen LogP contribution in [0.3, 0.4) is 0 Å². The molecule has 1 atom stereocenters. The largest absolute Gasteiger partial charge is 0.333 e. The average molecular weight is 358 g/mol. The Morgan fingerprint density at radius 2 is 1.88 bits per heavy atom. The van der Waals surface area contributed by atoms with Crippen molar-refractivity contribution < 1.29 is 9.59 Å². The second-order valence-electron chi connectivity index (χ2n) is 6.14. The van der Waals surface area contributed by atoms with E-state index in [9.17, 15) is 9.59 Å². The van der Waals surface area contributed by atoms with Gasteiger partial charge in [-0.1, -0.05) is 48.0 Å². The third kappa shape index (κ3) is 4.12. The SMILES string of the molecule is CN(Cc1ccccc1Cl)C(=O)NC1CC(=O)N(c2ccccc2)C1. The van der Waals surface area contributed by atoms with Gasteiger partial charge in [0, 0.05) is 37.3 Å². The number of para-hydroxylation sites is 1. The Balaban J connectivity index is 1.58. The summed E-state index contributed by atoms with van der Waals surface area (Å²) < 4.78 is 0. The van der Waals surface area contributed by atoms with E-state index >= 15 is 0 Å². The summed E-state index contributed by atoms with van der Waals surface area (Å²) in [6.07, 6.45) is 0.306. The normalized spacial score (nSPS) is 16.8. The van der Waals surface area contributed by atoms with Gasteiger partial charge in [-0.2, -0.15) is 0 Å². The number of benzene rings is 2. The number of amides is 3. The first-order valence-electron chi connectivity index (χ1n) is 8.15. The molecular weight excluding hydrogens is 338 g/mol. The van der Waals surface area contributed by atoms with Crippen LogP contribution in [0.2, 0.25) is 5.02 Å². The minimum atomic E-state index is -0.215. The fourth-order valence-corrected chi connectivity index (χ4v) is 3.10. The second kappa shape index (κ2) is 7.57. The number of carbonyl (C=O) groups is 2. The number of rotatable bonds is 4. The summed E-state index contributed by atoms with van der Waals surface area (Å²) in [5.41, 5.74) is 1.74. The van der Waals surface area contributed by atoms with Gasteiger partial charge in [0.1, 0.15) is 0 Å². The summed E-state index contributed by atoms with van der Waals surface area (Å²) in [5, 5.41) is 3.56. The minimum absolute atomic E-state index is 0.0188. The highest BCUT2D eigenvalue weighted by molar-refractivity contribution is 6.31. The van der Waals surface area contributed by atoms with Crippen LogP contribution in [0.15, 0.2) is 54.6 Å². The van der Waals surface area contributed by atoms with E-state index in [4.69, 9.17) is 11.6 Å². The van der Waals surface area contributed by atoms with Crippen LogP contribution in [0.1, 0.15) is 12.0 Å². The highest BCUT2D eigenvalue weighted by Crippen LogP contribution is 2.21. The summed E-state index contributed by atoms with van der Waals surface area (Å²) in [7, 11) is 1.71. The molecule has 0 saturated carbocycles. The highest BCUT2D eigenvalue weighted by atomic mass is 35.5. The van der Waals surface area contributed by atoms with Crippen molar-refractivity contribution >= 4 is 29.2 Å². The summed E-state index contributed by atoms with van der Waals surface area (Å²) in [6, 6.07) is 16.5. The van der Waals surface area contributed by atoms with Crippen molar-refractivity contribution in [1.82, 2.24) is 10.2 Å². The van der Waals surface area contributed by atoms with Crippen LogP contribution in [0.5, 0.6) is 0 Å². The van der Waals surface area contributed by atoms with Crippen LogP contribution in [0, 0.1) is 0 Å². The van der Waals surface area contributed by atoms with Crippen molar-refractivity contribution in [2.24, 2.45) is 0 Å². The molecule has 0 aliphatic carbocycles. The van der Waals surface area contributed by atoms with Crippen molar-refractivity contribution in [2.45, 2.75) is 19.0 Å². The lowest BCUT2D eigenvalue weighted by Gasteiger charge is -2.22. The smallest absolute Gasteiger partial charge is 0.317 e. The van der Waals surface area contributed by atoms with Crippen LogP contribution in [-0.2, 0) is 11.3 Å². The van der Waals surface area contributed by atoms with Crippen molar-refractivity contribution in [3.63, 3.8) is 0 Å². The third-order valence-corrected chi connectivity index (χ3v) is 4.60. The zero-order valence-corrected chi connectivity index (χ0v) is 14.7. The summed E-state index contributed by atoms with van der Waals surface area (Å²) in [6.45, 7) is 0.892. The molecule has 1 fully saturated rings. The lowest BCUT2D eigenvalue weighted by molar-refractivity contribution is -0.117. The van der Waals surface area contributed by atoms with Gasteiger partial charge in [0.2, 0.25) is 5.91 Å². The van der Waals surface area contributed by atoms with Crippen molar-refractivity contribution in [3.05, 3.63) is 65.2 Å². The molecule has 1 aliphatic heterocycles. The molecular formula is C19H20ClN3O2. The maximum Gasteiger partial charge on any atom is 0.317 e. The van der Waals surface area contributed by atoms with Gasteiger partial charge in [0.05, 0.1) is 6.04 Å². The molecule has 6 heteroatoms. The quantitative estimate of drug-likeness (QED) is 0.912. The Morgan fingerprint density at radius 1 is 1.20 bits per heavy atom. The van der Waals surface area contributed by atoms with E-state index in [0.717, 1.165) is 11.3 Å². The predicted octanol–water partition coefficient (Wildman–Crippen LogP) is 3.29. The molecule has 1 aliphatic rings. The number of carbonyl (C=O) groups excluding carboxylic acids is 2. The van der Waals surface area contributed by atoms with Crippen molar-refractivity contribution in [1.29, 1.82) is 0 Å². The van der Waals surface area contributed by atoms with E-state index < -0.39 is 0 Å². The molecule has 0 bridgehead atoms. The van der Waals surface area contributed by atoms with E-state index in [-0.39, 0.29) is 18.0 Å². The topological polar surface area (TPSA) is 52.7 Å². The first-order valence-corrected chi connectivity index (χ1v) is 8.53. The minimum Gasteiger partial charge on any atom is -0.333 e. The Morgan fingerprint density at radius 3 is 2.60 bits per heavy atom. The van der Waals surface area contributed by atoms with Crippen molar-refractivity contribution in [3.8, 4) is 0 Å². The number of nitrogens with zero attached hydrogens (tertiary/aromatic N) is 2. The number of halogens is 1. The van der Waals surface area contributed by atoms with Gasteiger partial charge in [0.15, 0.2) is 0 Å². The van der Waals surface area contributed by atoms with E-state index in [1.54, 1.807) is 22.9 Å².